The van der Waals surface area contributed by atoms with Crippen molar-refractivity contribution in [2.24, 2.45) is 5.10 Å². The van der Waals surface area contributed by atoms with Crippen molar-refractivity contribution in [1.82, 2.24) is 5.43 Å². The molecule has 1 heterocycles. The van der Waals surface area contributed by atoms with Crippen molar-refractivity contribution in [1.29, 1.82) is 0 Å². The summed E-state index contributed by atoms with van der Waals surface area (Å²) in [6.45, 7) is 0. The van der Waals surface area contributed by atoms with Crippen LogP contribution in [0.4, 0.5) is 15.8 Å². The third-order valence-electron chi connectivity index (χ3n) is 3.09. The molecule has 0 saturated carbocycles. The van der Waals surface area contributed by atoms with E-state index in [0.29, 0.717) is 16.9 Å². The number of phenols is 1. The zero-order valence-corrected chi connectivity index (χ0v) is 12.4. The second-order valence-electron chi connectivity index (χ2n) is 4.72. The van der Waals surface area contributed by atoms with Gasteiger partial charge in [-0.2, -0.15) is 5.10 Å². The van der Waals surface area contributed by atoms with Gasteiger partial charge in [-0.05, 0) is 54.7 Å². The van der Waals surface area contributed by atoms with Gasteiger partial charge in [0, 0.05) is 11.3 Å². The van der Waals surface area contributed by atoms with Crippen LogP contribution in [-0.2, 0) is 4.79 Å². The average molecular weight is 330 g/mol. The Hall–Kier alpha value is -3.00. The van der Waals surface area contributed by atoms with Crippen molar-refractivity contribution in [2.45, 2.75) is 0 Å². The van der Waals surface area contributed by atoms with Crippen LogP contribution in [0.2, 0.25) is 0 Å². The standard InChI is InChI=1S/C15H11FN4O2S/c16-8-1-6-12-11(7-8)13(14(22)18-12)19-20-15(23)17-9-2-4-10(21)5-3-9/h1-7,21H,(H2,17,20,23)(H,18,19,22). The van der Waals surface area contributed by atoms with Crippen LogP contribution in [-0.4, -0.2) is 21.8 Å². The Labute approximate surface area is 136 Å². The van der Waals surface area contributed by atoms with Crippen LogP contribution in [0, 0.1) is 5.82 Å². The quantitative estimate of drug-likeness (QED) is 0.385. The predicted octanol–water partition coefficient (Wildman–Crippen LogP) is 2.17. The molecule has 3 rings (SSSR count). The summed E-state index contributed by atoms with van der Waals surface area (Å²) in [5.74, 6) is -0.765. The number of anilines is 2. The fourth-order valence-corrected chi connectivity index (χ4v) is 2.21. The molecular formula is C15H11FN4O2S. The molecule has 6 nitrogen and oxygen atoms in total. The van der Waals surface area contributed by atoms with Crippen LogP contribution in [0.15, 0.2) is 47.6 Å². The lowest BCUT2D eigenvalue weighted by Gasteiger charge is -2.07. The van der Waals surface area contributed by atoms with E-state index in [9.17, 15) is 14.3 Å². The van der Waals surface area contributed by atoms with Crippen molar-refractivity contribution in [3.8, 4) is 5.75 Å². The summed E-state index contributed by atoms with van der Waals surface area (Å²) in [4.78, 5) is 11.9. The second-order valence-corrected chi connectivity index (χ2v) is 5.13. The second kappa shape index (κ2) is 6.01. The third kappa shape index (κ3) is 3.27. The summed E-state index contributed by atoms with van der Waals surface area (Å²) in [6.07, 6.45) is 0. The molecular weight excluding hydrogens is 319 g/mol. The molecule has 0 aliphatic carbocycles. The highest BCUT2D eigenvalue weighted by atomic mass is 32.1. The number of thiocarbonyl (C=S) groups is 1. The van der Waals surface area contributed by atoms with E-state index in [1.165, 1.54) is 30.3 Å². The molecule has 0 unspecified atom stereocenters. The zero-order valence-electron chi connectivity index (χ0n) is 11.6. The van der Waals surface area contributed by atoms with Crippen molar-refractivity contribution in [2.75, 3.05) is 10.6 Å². The summed E-state index contributed by atoms with van der Waals surface area (Å²) in [7, 11) is 0. The largest absolute Gasteiger partial charge is 0.508 e. The minimum atomic E-state index is -0.460. The van der Waals surface area contributed by atoms with Crippen LogP contribution < -0.4 is 16.1 Å². The van der Waals surface area contributed by atoms with Gasteiger partial charge in [-0.3, -0.25) is 10.2 Å². The summed E-state index contributed by atoms with van der Waals surface area (Å²) >= 11 is 5.07. The molecule has 1 aliphatic rings. The van der Waals surface area contributed by atoms with Gasteiger partial charge >= 0.3 is 0 Å². The van der Waals surface area contributed by atoms with Crippen LogP contribution in [0.5, 0.6) is 5.75 Å². The number of carbonyl (C=O) groups is 1. The Bertz CT molecular complexity index is 821. The predicted molar refractivity (Wildman–Crippen MR) is 89.0 cm³/mol. The first-order valence-electron chi connectivity index (χ1n) is 6.58. The first-order valence-corrected chi connectivity index (χ1v) is 6.99. The fraction of sp³-hybridized carbons (Fsp3) is 0. The Morgan fingerprint density at radius 3 is 2.70 bits per heavy atom. The molecule has 2 aromatic carbocycles. The van der Waals surface area contributed by atoms with Gasteiger partial charge in [0.2, 0.25) is 0 Å². The van der Waals surface area contributed by atoms with Crippen LogP contribution >= 0.6 is 12.2 Å². The molecule has 0 bridgehead atoms. The summed E-state index contributed by atoms with van der Waals surface area (Å²) in [5.41, 5.74) is 4.10. The summed E-state index contributed by atoms with van der Waals surface area (Å²) in [6, 6.07) is 10.2. The number of aromatic hydroxyl groups is 1. The number of halogens is 1. The van der Waals surface area contributed by atoms with E-state index in [1.54, 1.807) is 12.1 Å². The lowest BCUT2D eigenvalue weighted by Crippen LogP contribution is -2.27. The summed E-state index contributed by atoms with van der Waals surface area (Å²) in [5, 5.41) is 18.7. The van der Waals surface area contributed by atoms with Crippen LogP contribution in [0.25, 0.3) is 0 Å². The van der Waals surface area contributed by atoms with E-state index in [0.717, 1.165) is 0 Å². The number of nitrogens with zero attached hydrogens (tertiary/aromatic N) is 1. The zero-order chi connectivity index (χ0) is 16.4. The number of hydrogen-bond acceptors (Lipinski definition) is 4. The first-order chi connectivity index (χ1) is 11.0. The van der Waals surface area contributed by atoms with E-state index in [2.05, 4.69) is 21.2 Å². The lowest BCUT2D eigenvalue weighted by atomic mass is 10.1. The van der Waals surface area contributed by atoms with Gasteiger partial charge < -0.3 is 15.7 Å². The van der Waals surface area contributed by atoms with E-state index in [-0.39, 0.29) is 16.6 Å². The lowest BCUT2D eigenvalue weighted by molar-refractivity contribution is -0.110. The minimum absolute atomic E-state index is 0.0503. The Morgan fingerprint density at radius 2 is 1.96 bits per heavy atom. The van der Waals surface area contributed by atoms with Gasteiger partial charge in [0.15, 0.2) is 10.8 Å². The number of fused-ring (bicyclic) bond motifs is 1. The van der Waals surface area contributed by atoms with Crippen molar-refractivity contribution in [3.05, 3.63) is 53.8 Å². The molecule has 0 saturated heterocycles. The van der Waals surface area contributed by atoms with Gasteiger partial charge in [0.1, 0.15) is 11.6 Å². The Morgan fingerprint density at radius 1 is 1.22 bits per heavy atom. The smallest absolute Gasteiger partial charge is 0.276 e. The van der Waals surface area contributed by atoms with E-state index in [4.69, 9.17) is 12.2 Å². The molecule has 4 N–H and O–H groups in total. The van der Waals surface area contributed by atoms with E-state index < -0.39 is 11.7 Å². The topological polar surface area (TPSA) is 85.8 Å². The van der Waals surface area contributed by atoms with Gasteiger partial charge in [-0.15, -0.1) is 0 Å². The molecule has 0 radical (unpaired) electrons. The van der Waals surface area contributed by atoms with Gasteiger partial charge in [0.25, 0.3) is 5.91 Å². The number of hydrogen-bond donors (Lipinski definition) is 4. The molecule has 2 aromatic rings. The van der Waals surface area contributed by atoms with Gasteiger partial charge in [-0.25, -0.2) is 4.39 Å². The Balaban J connectivity index is 1.73. The summed E-state index contributed by atoms with van der Waals surface area (Å²) < 4.78 is 13.3. The number of rotatable bonds is 2. The number of amides is 1. The van der Waals surface area contributed by atoms with E-state index >= 15 is 0 Å². The molecule has 116 valence electrons. The number of nitrogens with one attached hydrogen (secondary N) is 3. The molecule has 8 heteroatoms. The fourth-order valence-electron chi connectivity index (χ4n) is 2.05. The monoisotopic (exact) mass is 330 g/mol. The third-order valence-corrected chi connectivity index (χ3v) is 3.29. The SMILES string of the molecule is O=C1Nc2ccc(F)cc2/C1=N/NC(=S)Nc1ccc(O)cc1. The molecule has 1 aliphatic heterocycles. The van der Waals surface area contributed by atoms with Crippen molar-refractivity contribution < 1.29 is 14.3 Å². The number of phenolic OH excluding ortho intramolecular Hbond substituents is 1. The molecule has 0 aromatic heterocycles. The van der Waals surface area contributed by atoms with Crippen LogP contribution in [0.1, 0.15) is 5.56 Å². The normalized spacial score (nSPS) is 14.3. The van der Waals surface area contributed by atoms with Crippen molar-refractivity contribution in [3.63, 3.8) is 0 Å². The number of carbonyl (C=O) groups excluding carboxylic acids is 1. The molecule has 23 heavy (non-hydrogen) atoms. The maximum atomic E-state index is 13.3. The Kier molecular flexibility index (Phi) is 3.90. The molecule has 0 fully saturated rings. The van der Waals surface area contributed by atoms with Crippen molar-refractivity contribution >= 4 is 40.3 Å². The molecule has 0 spiro atoms. The first kappa shape index (κ1) is 14.9. The number of benzene rings is 2. The minimum Gasteiger partial charge on any atom is -0.508 e. The van der Waals surface area contributed by atoms with Crippen LogP contribution in [0.3, 0.4) is 0 Å². The maximum Gasteiger partial charge on any atom is 0.276 e. The molecule has 0 atom stereocenters. The molecule has 1 amide bonds. The van der Waals surface area contributed by atoms with E-state index in [1.807, 2.05) is 0 Å². The number of hydrazone groups is 1. The average Bonchev–Trinajstić information content (AvgIpc) is 2.82. The van der Waals surface area contributed by atoms with Gasteiger partial charge in [0.05, 0.1) is 5.69 Å². The highest BCUT2D eigenvalue weighted by Crippen LogP contribution is 2.23. The van der Waals surface area contributed by atoms with Gasteiger partial charge in [-0.1, -0.05) is 0 Å². The maximum absolute atomic E-state index is 13.3. The highest BCUT2D eigenvalue weighted by Gasteiger charge is 2.26. The highest BCUT2D eigenvalue weighted by molar-refractivity contribution is 7.80.